The summed E-state index contributed by atoms with van der Waals surface area (Å²) in [6, 6.07) is 15.5. The average Bonchev–Trinajstić information content (AvgIpc) is 2.64. The van der Waals surface area contributed by atoms with Gasteiger partial charge in [0.1, 0.15) is 6.04 Å². The van der Waals surface area contributed by atoms with E-state index in [2.05, 4.69) is 5.32 Å². The van der Waals surface area contributed by atoms with Crippen molar-refractivity contribution in [2.75, 3.05) is 7.05 Å². The summed E-state index contributed by atoms with van der Waals surface area (Å²) in [6.45, 7) is 6.40. The molecule has 2 aromatic carbocycles. The van der Waals surface area contributed by atoms with Crippen LogP contribution in [0.1, 0.15) is 35.6 Å². The number of carbonyl (C=O) groups is 2. The molecule has 0 spiro atoms. The van der Waals surface area contributed by atoms with E-state index in [-0.39, 0.29) is 11.8 Å². The summed E-state index contributed by atoms with van der Waals surface area (Å²) in [6.07, 6.45) is 0.872. The molecule has 2 rings (SSSR count). The molecule has 0 saturated carbocycles. The number of hydrogen-bond acceptors (Lipinski definition) is 2. The third-order valence-electron chi connectivity index (χ3n) is 4.71. The minimum absolute atomic E-state index is 0.0321. The fourth-order valence-electron chi connectivity index (χ4n) is 3.05. The highest BCUT2D eigenvalue weighted by atomic mass is 16.2. The van der Waals surface area contributed by atoms with Crippen molar-refractivity contribution in [3.63, 3.8) is 0 Å². The Labute approximate surface area is 156 Å². The Morgan fingerprint density at radius 1 is 1.04 bits per heavy atom. The van der Waals surface area contributed by atoms with Crippen molar-refractivity contribution in [3.8, 4) is 0 Å². The van der Waals surface area contributed by atoms with Crippen molar-refractivity contribution in [1.29, 1.82) is 0 Å². The zero-order valence-electron chi connectivity index (χ0n) is 16.1. The highest BCUT2D eigenvalue weighted by Gasteiger charge is 2.28. The lowest BCUT2D eigenvalue weighted by Gasteiger charge is -2.30. The fraction of sp³-hybridized carbons (Fsp3) is 0.364. The van der Waals surface area contributed by atoms with Gasteiger partial charge in [0.25, 0.3) is 0 Å². The largest absolute Gasteiger partial charge is 0.357 e. The Morgan fingerprint density at radius 2 is 1.69 bits per heavy atom. The minimum atomic E-state index is -0.474. The van der Waals surface area contributed by atoms with Gasteiger partial charge >= 0.3 is 0 Å². The quantitative estimate of drug-likeness (QED) is 0.830. The van der Waals surface area contributed by atoms with Crippen LogP contribution in [0.15, 0.2) is 48.5 Å². The molecule has 2 amide bonds. The van der Waals surface area contributed by atoms with Gasteiger partial charge in [0.15, 0.2) is 0 Å². The van der Waals surface area contributed by atoms with Crippen LogP contribution in [0.5, 0.6) is 0 Å². The summed E-state index contributed by atoms with van der Waals surface area (Å²) < 4.78 is 0. The van der Waals surface area contributed by atoms with Crippen LogP contribution in [0.4, 0.5) is 0 Å². The molecule has 1 atom stereocenters. The molecule has 0 fully saturated rings. The van der Waals surface area contributed by atoms with Gasteiger partial charge in [-0.15, -0.1) is 0 Å². The number of benzene rings is 2. The molecular formula is C22H28N2O2. The Morgan fingerprint density at radius 3 is 2.27 bits per heavy atom. The topological polar surface area (TPSA) is 49.4 Å². The molecular weight excluding hydrogens is 324 g/mol. The van der Waals surface area contributed by atoms with Crippen LogP contribution in [-0.2, 0) is 22.6 Å². The van der Waals surface area contributed by atoms with Gasteiger partial charge in [0, 0.05) is 13.6 Å². The standard InChI is InChI=1S/C22H28N2O2/c1-5-20(22(26)23-4)24(15-18-12-10-16(2)11-13-18)21(25)14-19-9-7-6-8-17(19)3/h6-13,20H,5,14-15H2,1-4H3,(H,23,26). The molecule has 0 aliphatic rings. The molecule has 0 aliphatic carbocycles. The van der Waals surface area contributed by atoms with Gasteiger partial charge in [-0.25, -0.2) is 0 Å². The second-order valence-corrected chi connectivity index (χ2v) is 6.65. The van der Waals surface area contributed by atoms with Gasteiger partial charge in [0.05, 0.1) is 6.42 Å². The Balaban J connectivity index is 2.29. The first-order chi connectivity index (χ1) is 12.5. The molecule has 26 heavy (non-hydrogen) atoms. The maximum absolute atomic E-state index is 13.1. The van der Waals surface area contributed by atoms with Crippen LogP contribution in [0, 0.1) is 13.8 Å². The maximum Gasteiger partial charge on any atom is 0.242 e. The minimum Gasteiger partial charge on any atom is -0.357 e. The van der Waals surface area contributed by atoms with E-state index in [0.717, 1.165) is 16.7 Å². The number of likely N-dealkylation sites (N-methyl/N-ethyl adjacent to an activating group) is 1. The van der Waals surface area contributed by atoms with E-state index in [4.69, 9.17) is 0 Å². The predicted octanol–water partition coefficient (Wildman–Crippen LogP) is 3.40. The van der Waals surface area contributed by atoms with Crippen molar-refractivity contribution in [2.45, 2.75) is 46.2 Å². The Bertz CT molecular complexity index is 753. The van der Waals surface area contributed by atoms with E-state index in [1.165, 1.54) is 5.56 Å². The number of nitrogens with one attached hydrogen (secondary N) is 1. The molecule has 0 saturated heterocycles. The van der Waals surface area contributed by atoms with E-state index in [9.17, 15) is 9.59 Å². The summed E-state index contributed by atoms with van der Waals surface area (Å²) in [4.78, 5) is 27.2. The van der Waals surface area contributed by atoms with E-state index < -0.39 is 6.04 Å². The second kappa shape index (κ2) is 9.18. The molecule has 2 aromatic rings. The lowest BCUT2D eigenvalue weighted by molar-refractivity contribution is -0.140. The molecule has 1 unspecified atom stereocenters. The van der Waals surface area contributed by atoms with Gasteiger partial charge in [-0.1, -0.05) is 61.0 Å². The van der Waals surface area contributed by atoms with Gasteiger partial charge in [-0.05, 0) is 37.0 Å². The third-order valence-corrected chi connectivity index (χ3v) is 4.71. The monoisotopic (exact) mass is 352 g/mol. The number of hydrogen-bond donors (Lipinski definition) is 1. The van der Waals surface area contributed by atoms with E-state index >= 15 is 0 Å². The molecule has 0 radical (unpaired) electrons. The van der Waals surface area contributed by atoms with E-state index in [1.54, 1.807) is 11.9 Å². The first-order valence-corrected chi connectivity index (χ1v) is 9.07. The van der Waals surface area contributed by atoms with Crippen molar-refractivity contribution in [3.05, 3.63) is 70.8 Å². The molecule has 0 aromatic heterocycles. The van der Waals surface area contributed by atoms with Crippen molar-refractivity contribution in [2.24, 2.45) is 0 Å². The van der Waals surface area contributed by atoms with Gasteiger partial charge < -0.3 is 10.2 Å². The van der Waals surface area contributed by atoms with Crippen LogP contribution >= 0.6 is 0 Å². The first-order valence-electron chi connectivity index (χ1n) is 9.07. The Hall–Kier alpha value is -2.62. The highest BCUT2D eigenvalue weighted by Crippen LogP contribution is 2.16. The van der Waals surface area contributed by atoms with Crippen LogP contribution in [0.25, 0.3) is 0 Å². The number of nitrogens with zero attached hydrogens (tertiary/aromatic N) is 1. The maximum atomic E-state index is 13.1. The smallest absolute Gasteiger partial charge is 0.242 e. The molecule has 138 valence electrons. The van der Waals surface area contributed by atoms with Gasteiger partial charge in [-0.3, -0.25) is 9.59 Å². The van der Waals surface area contributed by atoms with Crippen molar-refractivity contribution in [1.82, 2.24) is 10.2 Å². The predicted molar refractivity (Wildman–Crippen MR) is 105 cm³/mol. The van der Waals surface area contributed by atoms with E-state index in [0.29, 0.717) is 19.4 Å². The molecule has 1 N–H and O–H groups in total. The SMILES string of the molecule is CCC(C(=O)NC)N(Cc1ccc(C)cc1)C(=O)Cc1ccccc1C. The Kier molecular flexibility index (Phi) is 6.96. The summed E-state index contributed by atoms with van der Waals surface area (Å²) in [5.74, 6) is -0.159. The van der Waals surface area contributed by atoms with Gasteiger partial charge in [-0.2, -0.15) is 0 Å². The highest BCUT2D eigenvalue weighted by molar-refractivity contribution is 5.88. The van der Waals surface area contributed by atoms with Crippen molar-refractivity contribution >= 4 is 11.8 Å². The van der Waals surface area contributed by atoms with Crippen LogP contribution in [-0.4, -0.2) is 29.8 Å². The number of amides is 2. The number of carbonyl (C=O) groups excluding carboxylic acids is 2. The second-order valence-electron chi connectivity index (χ2n) is 6.65. The third kappa shape index (κ3) is 4.94. The molecule has 4 heteroatoms. The average molecular weight is 352 g/mol. The summed E-state index contributed by atoms with van der Waals surface area (Å²) in [7, 11) is 1.61. The van der Waals surface area contributed by atoms with Crippen LogP contribution in [0.3, 0.4) is 0 Å². The number of rotatable bonds is 7. The lowest BCUT2D eigenvalue weighted by Crippen LogP contribution is -2.48. The first kappa shape index (κ1) is 19.7. The molecule has 0 heterocycles. The molecule has 4 nitrogen and oxygen atoms in total. The van der Waals surface area contributed by atoms with Gasteiger partial charge in [0.2, 0.25) is 11.8 Å². The summed E-state index contributed by atoms with van der Waals surface area (Å²) in [5, 5.41) is 2.69. The summed E-state index contributed by atoms with van der Waals surface area (Å²) in [5.41, 5.74) is 4.28. The zero-order valence-corrected chi connectivity index (χ0v) is 16.1. The van der Waals surface area contributed by atoms with Crippen molar-refractivity contribution < 1.29 is 9.59 Å². The van der Waals surface area contributed by atoms with E-state index in [1.807, 2.05) is 69.3 Å². The lowest BCUT2D eigenvalue weighted by atomic mass is 10.0. The van der Waals surface area contributed by atoms with Crippen LogP contribution < -0.4 is 5.32 Å². The number of aryl methyl sites for hydroxylation is 2. The molecule has 0 bridgehead atoms. The zero-order chi connectivity index (χ0) is 19.1. The van der Waals surface area contributed by atoms with Crippen LogP contribution in [0.2, 0.25) is 0 Å². The molecule has 0 aliphatic heterocycles. The normalized spacial score (nSPS) is 11.7. The fourth-order valence-corrected chi connectivity index (χ4v) is 3.05. The summed E-state index contributed by atoms with van der Waals surface area (Å²) >= 11 is 0.